The number of hydrazine groups is 1. The fourth-order valence-electron chi connectivity index (χ4n) is 2.44. The summed E-state index contributed by atoms with van der Waals surface area (Å²) in [5, 5.41) is 0.499. The van der Waals surface area contributed by atoms with Crippen LogP contribution in [0.25, 0.3) is 11.0 Å². The van der Waals surface area contributed by atoms with Gasteiger partial charge in [0.15, 0.2) is 0 Å². The van der Waals surface area contributed by atoms with Crippen LogP contribution in [0.3, 0.4) is 0 Å². The minimum atomic E-state index is -4.19. The third-order valence-electron chi connectivity index (χ3n) is 3.54. The van der Waals surface area contributed by atoms with Crippen molar-refractivity contribution in [2.45, 2.75) is 4.90 Å². The molecule has 0 saturated heterocycles. The quantitative estimate of drug-likeness (QED) is 0.703. The molecule has 0 atom stereocenters. The van der Waals surface area contributed by atoms with E-state index in [1.54, 1.807) is 18.2 Å². The van der Waals surface area contributed by atoms with Gasteiger partial charge in [0.2, 0.25) is 0 Å². The van der Waals surface area contributed by atoms with Crippen LogP contribution in [0.4, 0.5) is 0 Å². The minimum absolute atomic E-state index is 0.148. The van der Waals surface area contributed by atoms with Gasteiger partial charge in [-0.05, 0) is 24.3 Å². The molecule has 1 aliphatic heterocycles. The van der Waals surface area contributed by atoms with Crippen LogP contribution in [0.5, 0.6) is 0 Å². The number of nitrogens with one attached hydrogen (secondary N) is 1. The fourth-order valence-corrected chi connectivity index (χ4v) is 4.21. The molecule has 0 aliphatic carbocycles. The van der Waals surface area contributed by atoms with Crippen LogP contribution in [0, 0.1) is 0 Å². The van der Waals surface area contributed by atoms with Crippen molar-refractivity contribution in [3.05, 3.63) is 53.6 Å². The van der Waals surface area contributed by atoms with Crippen LogP contribution in [0.2, 0.25) is 0 Å². The van der Waals surface area contributed by atoms with Gasteiger partial charge in [-0.1, -0.05) is 18.2 Å². The first-order valence-corrected chi connectivity index (χ1v) is 8.92. The molecule has 3 aromatic rings. The Morgan fingerprint density at radius 1 is 0.917 bits per heavy atom. The van der Waals surface area contributed by atoms with E-state index in [0.717, 1.165) is 11.7 Å². The summed E-state index contributed by atoms with van der Waals surface area (Å²) in [5.41, 5.74) is 0.911. The van der Waals surface area contributed by atoms with Crippen molar-refractivity contribution in [3.8, 4) is 0 Å². The molecule has 1 aliphatic rings. The van der Waals surface area contributed by atoms with Crippen molar-refractivity contribution >= 4 is 44.6 Å². The van der Waals surface area contributed by atoms with Gasteiger partial charge >= 0.3 is 0 Å². The van der Waals surface area contributed by atoms with Gasteiger partial charge in [0.25, 0.3) is 21.8 Å². The molecule has 4 rings (SSSR count). The zero-order chi connectivity index (χ0) is 16.9. The summed E-state index contributed by atoms with van der Waals surface area (Å²) in [6.45, 7) is 0. The molecule has 2 heterocycles. The third kappa shape index (κ3) is 2.12. The van der Waals surface area contributed by atoms with E-state index in [9.17, 15) is 18.0 Å². The van der Waals surface area contributed by atoms with Gasteiger partial charge in [0, 0.05) is 0 Å². The predicted molar refractivity (Wildman–Crippen MR) is 84.7 cm³/mol. The monoisotopic (exact) mass is 360 g/mol. The molecule has 0 saturated carbocycles. The van der Waals surface area contributed by atoms with E-state index in [4.69, 9.17) is 0 Å². The molecule has 24 heavy (non-hydrogen) atoms. The molecule has 2 aromatic carbocycles. The number of carbonyl (C=O) groups is 2. The Bertz CT molecular complexity index is 1070. The van der Waals surface area contributed by atoms with Gasteiger partial charge in [-0.3, -0.25) is 9.59 Å². The van der Waals surface area contributed by atoms with Crippen LogP contribution in [-0.4, -0.2) is 34.0 Å². The van der Waals surface area contributed by atoms with Crippen LogP contribution < -0.4 is 4.83 Å². The Morgan fingerprint density at radius 3 is 2.25 bits per heavy atom. The third-order valence-corrected chi connectivity index (χ3v) is 5.42. The number of carbonyl (C=O) groups excluding carboxylic acids is 2. The molecule has 10 heteroatoms. The molecule has 0 radical (unpaired) electrons. The molecule has 0 fully saturated rings. The number of rotatable bonds is 3. The highest BCUT2D eigenvalue weighted by molar-refractivity contribution is 7.89. The zero-order valence-corrected chi connectivity index (χ0v) is 13.5. The number of benzene rings is 2. The second kappa shape index (κ2) is 5.16. The first-order chi connectivity index (χ1) is 11.5. The van der Waals surface area contributed by atoms with Crippen molar-refractivity contribution in [2.24, 2.45) is 0 Å². The van der Waals surface area contributed by atoms with Gasteiger partial charge in [0.05, 0.1) is 22.9 Å². The van der Waals surface area contributed by atoms with Crippen LogP contribution in [0.1, 0.15) is 20.7 Å². The lowest BCUT2D eigenvalue weighted by Crippen LogP contribution is -2.45. The van der Waals surface area contributed by atoms with Crippen molar-refractivity contribution in [2.75, 3.05) is 0 Å². The Balaban J connectivity index is 1.75. The summed E-state index contributed by atoms with van der Waals surface area (Å²) in [4.78, 5) is 26.5. The maximum Gasteiger partial charge on any atom is 0.277 e. The van der Waals surface area contributed by atoms with Crippen LogP contribution in [0.15, 0.2) is 47.4 Å². The average Bonchev–Trinajstić information content (AvgIpc) is 3.14. The lowest BCUT2D eigenvalue weighted by Gasteiger charge is -2.15. The first kappa shape index (κ1) is 14.9. The lowest BCUT2D eigenvalue weighted by molar-refractivity contribution is 0.0618. The molecular formula is C14H8N4O4S2. The van der Waals surface area contributed by atoms with Gasteiger partial charge < -0.3 is 0 Å². The molecule has 0 spiro atoms. The highest BCUT2D eigenvalue weighted by Crippen LogP contribution is 2.24. The van der Waals surface area contributed by atoms with Gasteiger partial charge in [0.1, 0.15) is 15.9 Å². The number of aromatic nitrogens is 2. The second-order valence-electron chi connectivity index (χ2n) is 4.97. The second-order valence-corrected chi connectivity index (χ2v) is 7.13. The summed E-state index contributed by atoms with van der Waals surface area (Å²) < 4.78 is 33.2. The molecule has 120 valence electrons. The fraction of sp³-hybridized carbons (Fsp3) is 0. The summed E-state index contributed by atoms with van der Waals surface area (Å²) in [7, 11) is -4.19. The van der Waals surface area contributed by atoms with Crippen molar-refractivity contribution < 1.29 is 18.0 Å². The summed E-state index contributed by atoms with van der Waals surface area (Å²) >= 11 is 0.877. The van der Waals surface area contributed by atoms with E-state index >= 15 is 0 Å². The van der Waals surface area contributed by atoms with E-state index in [0.29, 0.717) is 10.5 Å². The van der Waals surface area contributed by atoms with E-state index in [-0.39, 0.29) is 21.5 Å². The standard InChI is InChI=1S/C14H8N4O4S2/c19-13-8-4-1-2-5-9(8)14(20)18(13)17-24(21,22)11-7-3-6-10-12(11)16-23-15-10/h1-7,17H. The lowest BCUT2D eigenvalue weighted by atomic mass is 10.1. The number of fused-ring (bicyclic) bond motifs is 2. The molecule has 1 aromatic heterocycles. The van der Waals surface area contributed by atoms with Gasteiger partial charge in [-0.2, -0.15) is 13.8 Å². The highest BCUT2D eigenvalue weighted by atomic mass is 32.2. The van der Waals surface area contributed by atoms with Gasteiger partial charge in [-0.25, -0.2) is 8.42 Å². The molecular weight excluding hydrogens is 352 g/mol. The molecule has 0 bridgehead atoms. The maximum atomic E-state index is 12.6. The van der Waals surface area contributed by atoms with E-state index in [2.05, 4.69) is 8.75 Å². The smallest absolute Gasteiger partial charge is 0.267 e. The Hall–Kier alpha value is -2.69. The van der Waals surface area contributed by atoms with Crippen LogP contribution >= 0.6 is 11.7 Å². The van der Waals surface area contributed by atoms with E-state index in [1.807, 2.05) is 4.83 Å². The number of sulfonamides is 1. The van der Waals surface area contributed by atoms with E-state index in [1.165, 1.54) is 24.3 Å². The SMILES string of the molecule is O=C1c2ccccc2C(=O)N1NS(=O)(=O)c1cccc2nsnc12. The molecule has 1 N–H and O–H groups in total. The Labute approximate surface area is 140 Å². The minimum Gasteiger partial charge on any atom is -0.267 e. The summed E-state index contributed by atoms with van der Waals surface area (Å²) in [6.07, 6.45) is 0. The normalized spacial score (nSPS) is 14.4. The number of amides is 2. The maximum absolute atomic E-state index is 12.6. The van der Waals surface area contributed by atoms with E-state index < -0.39 is 21.8 Å². The zero-order valence-electron chi connectivity index (χ0n) is 11.8. The van der Waals surface area contributed by atoms with Gasteiger partial charge in [-0.15, -0.1) is 4.83 Å². The average molecular weight is 360 g/mol. The molecule has 8 nitrogen and oxygen atoms in total. The number of imide groups is 1. The van der Waals surface area contributed by atoms with Crippen molar-refractivity contribution in [3.63, 3.8) is 0 Å². The number of hydrogen-bond donors (Lipinski definition) is 1. The summed E-state index contributed by atoms with van der Waals surface area (Å²) in [5.74, 6) is -1.44. The Kier molecular flexibility index (Phi) is 3.20. The van der Waals surface area contributed by atoms with Crippen LogP contribution in [-0.2, 0) is 10.0 Å². The number of hydrogen-bond acceptors (Lipinski definition) is 7. The largest absolute Gasteiger partial charge is 0.277 e. The topological polar surface area (TPSA) is 109 Å². The van der Waals surface area contributed by atoms with Crippen molar-refractivity contribution in [1.82, 2.24) is 18.6 Å². The first-order valence-electron chi connectivity index (χ1n) is 6.70. The summed E-state index contributed by atoms with van der Waals surface area (Å²) in [6, 6.07) is 10.6. The molecule has 2 amide bonds. The van der Waals surface area contributed by atoms with Crippen molar-refractivity contribution in [1.29, 1.82) is 0 Å². The predicted octanol–water partition coefficient (Wildman–Crippen LogP) is 1.18. The molecule has 0 unspecified atom stereocenters. The highest BCUT2D eigenvalue weighted by Gasteiger charge is 2.38. The number of nitrogens with zero attached hydrogens (tertiary/aromatic N) is 3. The Morgan fingerprint density at radius 2 is 1.58 bits per heavy atom.